The molecule has 0 unspecified atom stereocenters. The molecular formula is C17H21FN4O3. The Morgan fingerprint density at radius 3 is 2.64 bits per heavy atom. The maximum Gasteiger partial charge on any atom is 0.225 e. The summed E-state index contributed by atoms with van der Waals surface area (Å²) < 4.78 is 23.9. The number of methoxy groups -OCH3 is 2. The van der Waals surface area contributed by atoms with Crippen molar-refractivity contribution in [2.24, 2.45) is 0 Å². The van der Waals surface area contributed by atoms with E-state index < -0.39 is 5.82 Å². The van der Waals surface area contributed by atoms with Gasteiger partial charge in [0.25, 0.3) is 0 Å². The van der Waals surface area contributed by atoms with E-state index in [0.717, 1.165) is 11.2 Å². The Balaban J connectivity index is 1.78. The van der Waals surface area contributed by atoms with Crippen molar-refractivity contribution in [2.75, 3.05) is 51.9 Å². The summed E-state index contributed by atoms with van der Waals surface area (Å²) in [7, 11) is 3.01. The summed E-state index contributed by atoms with van der Waals surface area (Å²) in [5.74, 6) is 0.537. The Labute approximate surface area is 145 Å². The predicted molar refractivity (Wildman–Crippen MR) is 91.3 cm³/mol. The standard InChI is InChI=1S/C17H21FN4O3/c1-24-8-3-16(23)21-4-6-22(7-5-21)17-12-9-15(25-2)13(18)10-14(12)19-11-20-17/h9-11H,3-8H2,1-2H3. The summed E-state index contributed by atoms with van der Waals surface area (Å²) >= 11 is 0. The molecule has 1 saturated heterocycles. The van der Waals surface area contributed by atoms with Gasteiger partial charge in [-0.2, -0.15) is 0 Å². The van der Waals surface area contributed by atoms with Crippen LogP contribution in [-0.2, 0) is 9.53 Å². The van der Waals surface area contributed by atoms with E-state index in [9.17, 15) is 9.18 Å². The lowest BCUT2D eigenvalue weighted by atomic mass is 10.2. The lowest BCUT2D eigenvalue weighted by Gasteiger charge is -2.35. The van der Waals surface area contributed by atoms with Crippen LogP contribution in [0.4, 0.5) is 10.2 Å². The number of hydrogen-bond acceptors (Lipinski definition) is 6. The fourth-order valence-corrected chi connectivity index (χ4v) is 2.97. The molecule has 2 aromatic rings. The summed E-state index contributed by atoms with van der Waals surface area (Å²) in [6.07, 6.45) is 1.82. The van der Waals surface area contributed by atoms with Crippen LogP contribution in [0.5, 0.6) is 5.75 Å². The zero-order valence-electron chi connectivity index (χ0n) is 14.4. The van der Waals surface area contributed by atoms with E-state index >= 15 is 0 Å². The molecule has 0 radical (unpaired) electrons. The number of anilines is 1. The SMILES string of the molecule is COCCC(=O)N1CCN(c2ncnc3cc(F)c(OC)cc23)CC1. The highest BCUT2D eigenvalue weighted by molar-refractivity contribution is 5.90. The number of halogens is 1. The average molecular weight is 348 g/mol. The molecule has 0 saturated carbocycles. The fraction of sp³-hybridized carbons (Fsp3) is 0.471. The summed E-state index contributed by atoms with van der Waals surface area (Å²) in [5, 5.41) is 0.736. The second-order valence-corrected chi connectivity index (χ2v) is 5.81. The van der Waals surface area contributed by atoms with Gasteiger partial charge in [-0.15, -0.1) is 0 Å². The first-order chi connectivity index (χ1) is 12.1. The fourth-order valence-electron chi connectivity index (χ4n) is 2.97. The number of nitrogens with zero attached hydrogens (tertiary/aromatic N) is 4. The molecule has 25 heavy (non-hydrogen) atoms. The van der Waals surface area contributed by atoms with Gasteiger partial charge < -0.3 is 19.3 Å². The third kappa shape index (κ3) is 3.63. The molecule has 1 amide bonds. The van der Waals surface area contributed by atoms with Gasteiger partial charge in [0.1, 0.15) is 12.1 Å². The largest absolute Gasteiger partial charge is 0.494 e. The first kappa shape index (κ1) is 17.3. The van der Waals surface area contributed by atoms with Gasteiger partial charge in [-0.25, -0.2) is 14.4 Å². The quantitative estimate of drug-likeness (QED) is 0.815. The highest BCUT2D eigenvalue weighted by Crippen LogP contribution is 2.29. The second kappa shape index (κ2) is 7.60. The number of ether oxygens (including phenoxy) is 2. The van der Waals surface area contributed by atoms with Gasteiger partial charge in [-0.1, -0.05) is 0 Å². The predicted octanol–water partition coefficient (Wildman–Crippen LogP) is 1.46. The summed E-state index contributed by atoms with van der Waals surface area (Å²) in [6, 6.07) is 2.97. The van der Waals surface area contributed by atoms with E-state index in [2.05, 4.69) is 14.9 Å². The van der Waals surface area contributed by atoms with Crippen LogP contribution in [0.3, 0.4) is 0 Å². The van der Waals surface area contributed by atoms with Gasteiger partial charge in [0.05, 0.1) is 25.7 Å². The van der Waals surface area contributed by atoms with Crippen molar-refractivity contribution < 1.29 is 18.7 Å². The Morgan fingerprint density at radius 2 is 1.96 bits per heavy atom. The van der Waals surface area contributed by atoms with Crippen LogP contribution in [0.15, 0.2) is 18.5 Å². The topological polar surface area (TPSA) is 67.8 Å². The molecule has 1 fully saturated rings. The maximum absolute atomic E-state index is 13.9. The Hall–Kier alpha value is -2.48. The summed E-state index contributed by atoms with van der Waals surface area (Å²) in [5.41, 5.74) is 0.530. The minimum absolute atomic E-state index is 0.0952. The van der Waals surface area contributed by atoms with E-state index in [1.54, 1.807) is 13.2 Å². The third-order valence-electron chi connectivity index (χ3n) is 4.34. The molecule has 0 bridgehead atoms. The van der Waals surface area contributed by atoms with Crippen molar-refractivity contribution in [1.29, 1.82) is 0 Å². The highest BCUT2D eigenvalue weighted by Gasteiger charge is 2.23. The Kier molecular flexibility index (Phi) is 5.28. The van der Waals surface area contributed by atoms with Gasteiger partial charge in [0.15, 0.2) is 11.6 Å². The molecule has 3 rings (SSSR count). The van der Waals surface area contributed by atoms with Gasteiger partial charge in [-0.3, -0.25) is 4.79 Å². The molecule has 0 aliphatic carbocycles. The number of amides is 1. The molecule has 8 heteroatoms. The number of aromatic nitrogens is 2. The van der Waals surface area contributed by atoms with Crippen LogP contribution in [0.2, 0.25) is 0 Å². The number of hydrogen-bond donors (Lipinski definition) is 0. The normalized spacial score (nSPS) is 14.8. The van der Waals surface area contributed by atoms with Crippen LogP contribution in [-0.4, -0.2) is 67.8 Å². The Bertz CT molecular complexity index is 763. The van der Waals surface area contributed by atoms with E-state index in [0.29, 0.717) is 44.7 Å². The van der Waals surface area contributed by atoms with Crippen LogP contribution in [0.1, 0.15) is 6.42 Å². The molecule has 1 aromatic heterocycles. The molecule has 1 aliphatic heterocycles. The molecule has 1 aliphatic rings. The van der Waals surface area contributed by atoms with Crippen molar-refractivity contribution in [3.63, 3.8) is 0 Å². The van der Waals surface area contributed by atoms with E-state index in [1.807, 2.05) is 4.90 Å². The molecule has 2 heterocycles. The van der Waals surface area contributed by atoms with E-state index in [-0.39, 0.29) is 11.7 Å². The van der Waals surface area contributed by atoms with Crippen LogP contribution >= 0.6 is 0 Å². The molecule has 7 nitrogen and oxygen atoms in total. The molecule has 134 valence electrons. The van der Waals surface area contributed by atoms with Crippen LogP contribution in [0.25, 0.3) is 10.9 Å². The third-order valence-corrected chi connectivity index (χ3v) is 4.34. The number of fused-ring (bicyclic) bond motifs is 1. The first-order valence-corrected chi connectivity index (χ1v) is 8.14. The van der Waals surface area contributed by atoms with E-state index in [1.165, 1.54) is 19.5 Å². The van der Waals surface area contributed by atoms with Crippen molar-refractivity contribution >= 4 is 22.6 Å². The minimum atomic E-state index is -0.451. The zero-order valence-corrected chi connectivity index (χ0v) is 14.4. The van der Waals surface area contributed by atoms with Crippen molar-refractivity contribution in [3.8, 4) is 5.75 Å². The van der Waals surface area contributed by atoms with Crippen LogP contribution in [0, 0.1) is 5.82 Å². The number of piperazine rings is 1. The monoisotopic (exact) mass is 348 g/mol. The van der Waals surface area contributed by atoms with Gasteiger partial charge in [0, 0.05) is 44.7 Å². The van der Waals surface area contributed by atoms with Gasteiger partial charge in [0.2, 0.25) is 5.91 Å². The lowest BCUT2D eigenvalue weighted by molar-refractivity contribution is -0.132. The number of benzene rings is 1. The molecule has 1 aromatic carbocycles. The molecule has 0 spiro atoms. The number of carbonyl (C=O) groups is 1. The lowest BCUT2D eigenvalue weighted by Crippen LogP contribution is -2.49. The summed E-state index contributed by atoms with van der Waals surface area (Å²) in [6.45, 7) is 2.98. The number of carbonyl (C=O) groups excluding carboxylic acids is 1. The Morgan fingerprint density at radius 1 is 1.20 bits per heavy atom. The van der Waals surface area contributed by atoms with Crippen LogP contribution < -0.4 is 9.64 Å². The minimum Gasteiger partial charge on any atom is -0.494 e. The van der Waals surface area contributed by atoms with Gasteiger partial charge in [-0.05, 0) is 6.07 Å². The first-order valence-electron chi connectivity index (χ1n) is 8.14. The van der Waals surface area contributed by atoms with Crippen molar-refractivity contribution in [1.82, 2.24) is 14.9 Å². The number of rotatable bonds is 5. The summed E-state index contributed by atoms with van der Waals surface area (Å²) in [4.78, 5) is 24.5. The molecule has 0 atom stereocenters. The molecular weight excluding hydrogens is 327 g/mol. The smallest absolute Gasteiger partial charge is 0.225 e. The van der Waals surface area contributed by atoms with E-state index in [4.69, 9.17) is 9.47 Å². The maximum atomic E-state index is 13.9. The highest BCUT2D eigenvalue weighted by atomic mass is 19.1. The van der Waals surface area contributed by atoms with Gasteiger partial charge >= 0.3 is 0 Å². The average Bonchev–Trinajstić information content (AvgIpc) is 2.65. The second-order valence-electron chi connectivity index (χ2n) is 5.81. The molecule has 0 N–H and O–H groups in total. The van der Waals surface area contributed by atoms with Crippen molar-refractivity contribution in [2.45, 2.75) is 6.42 Å². The van der Waals surface area contributed by atoms with Crippen molar-refractivity contribution in [3.05, 3.63) is 24.3 Å². The zero-order chi connectivity index (χ0) is 17.8.